The number of phenolic OH excluding ortho intramolecular Hbond substituents is 1. The third kappa shape index (κ3) is 4.58. The van der Waals surface area contributed by atoms with Crippen LogP contribution in [0.3, 0.4) is 0 Å². The van der Waals surface area contributed by atoms with E-state index in [0.717, 1.165) is 50.1 Å². The summed E-state index contributed by atoms with van der Waals surface area (Å²) in [4.78, 5) is 22.7. The van der Waals surface area contributed by atoms with Crippen LogP contribution in [0.5, 0.6) is 5.75 Å². The molecular weight excluding hydrogens is 494 g/mol. The summed E-state index contributed by atoms with van der Waals surface area (Å²) in [6.07, 6.45) is 1.69. The molecule has 1 heterocycles. The second-order valence-corrected chi connectivity index (χ2v) is 9.18. The molecule has 7 heteroatoms. The van der Waals surface area contributed by atoms with E-state index >= 15 is 0 Å². The fourth-order valence-corrected chi connectivity index (χ4v) is 4.43. The third-order valence-corrected chi connectivity index (χ3v) is 6.41. The van der Waals surface area contributed by atoms with Crippen LogP contribution < -0.4 is 5.32 Å². The molecule has 0 atom stereocenters. The van der Waals surface area contributed by atoms with Gasteiger partial charge in [0.05, 0.1) is 24.4 Å². The van der Waals surface area contributed by atoms with Crippen molar-refractivity contribution in [3.8, 4) is 28.3 Å². The van der Waals surface area contributed by atoms with E-state index in [2.05, 4.69) is 21.2 Å². The lowest BCUT2D eigenvalue weighted by atomic mass is 9.90. The number of aliphatic hydroxyl groups is 1. The Morgan fingerprint density at radius 1 is 0.912 bits per heavy atom. The summed E-state index contributed by atoms with van der Waals surface area (Å²) in [7, 11) is 0. The molecule has 4 aromatic rings. The van der Waals surface area contributed by atoms with Gasteiger partial charge in [0, 0.05) is 15.6 Å². The molecule has 6 nitrogen and oxygen atoms in total. The Morgan fingerprint density at radius 3 is 2.38 bits per heavy atom. The molecule has 1 aliphatic carbocycles. The highest BCUT2D eigenvalue weighted by molar-refractivity contribution is 9.10. The Hall–Kier alpha value is -3.55. The van der Waals surface area contributed by atoms with Crippen LogP contribution in [0.2, 0.25) is 0 Å². The molecule has 170 valence electrons. The van der Waals surface area contributed by atoms with E-state index in [4.69, 9.17) is 9.97 Å². The van der Waals surface area contributed by atoms with Crippen LogP contribution in [0.4, 0.5) is 5.82 Å². The summed E-state index contributed by atoms with van der Waals surface area (Å²) in [5.41, 5.74) is 6.76. The number of aryl methyl sites for hydroxylation is 2. The number of aromatic hydroxyl groups is 1. The van der Waals surface area contributed by atoms with Gasteiger partial charge < -0.3 is 15.5 Å². The molecule has 0 radical (unpaired) electrons. The summed E-state index contributed by atoms with van der Waals surface area (Å²) in [6, 6.07) is 20.2. The van der Waals surface area contributed by atoms with Crippen molar-refractivity contribution in [1.82, 2.24) is 9.97 Å². The van der Waals surface area contributed by atoms with Gasteiger partial charge in [0.2, 0.25) is 5.91 Å². The molecule has 0 unspecified atom stereocenters. The molecule has 1 aliphatic rings. The zero-order valence-corrected chi connectivity index (χ0v) is 19.8. The number of halogens is 1. The number of hydrogen-bond donors (Lipinski definition) is 3. The molecule has 0 saturated carbocycles. The van der Waals surface area contributed by atoms with Gasteiger partial charge in [0.1, 0.15) is 11.4 Å². The van der Waals surface area contributed by atoms with Gasteiger partial charge in [-0.2, -0.15) is 0 Å². The van der Waals surface area contributed by atoms with Crippen LogP contribution in [-0.2, 0) is 30.7 Å². The molecule has 1 amide bonds. The lowest BCUT2D eigenvalue weighted by Crippen LogP contribution is -2.19. The molecule has 34 heavy (non-hydrogen) atoms. The lowest BCUT2D eigenvalue weighted by molar-refractivity contribution is -0.115. The van der Waals surface area contributed by atoms with Gasteiger partial charge in [-0.3, -0.25) is 4.79 Å². The summed E-state index contributed by atoms with van der Waals surface area (Å²) in [5.74, 6) is 0.375. The zero-order chi connectivity index (χ0) is 23.7. The predicted molar refractivity (Wildman–Crippen MR) is 134 cm³/mol. The van der Waals surface area contributed by atoms with Crippen molar-refractivity contribution in [2.75, 3.05) is 5.32 Å². The Bertz CT molecular complexity index is 1370. The van der Waals surface area contributed by atoms with Crippen LogP contribution in [0, 0.1) is 0 Å². The van der Waals surface area contributed by atoms with Crippen molar-refractivity contribution >= 4 is 27.7 Å². The van der Waals surface area contributed by atoms with Gasteiger partial charge >= 0.3 is 0 Å². The number of aromatic nitrogens is 2. The van der Waals surface area contributed by atoms with E-state index in [1.54, 1.807) is 24.3 Å². The zero-order valence-electron chi connectivity index (χ0n) is 18.3. The number of carbonyl (C=O) groups excluding carboxylic acids is 1. The first-order chi connectivity index (χ1) is 16.5. The first kappa shape index (κ1) is 22.3. The Kier molecular flexibility index (Phi) is 6.13. The van der Waals surface area contributed by atoms with Crippen molar-refractivity contribution in [3.05, 3.63) is 93.6 Å². The molecule has 5 rings (SSSR count). The van der Waals surface area contributed by atoms with Crippen LogP contribution in [0.15, 0.2) is 71.2 Å². The standard InChI is InChI=1S/C27H22BrN3O3/c28-20-7-1-16(2-8-20)14-24(34)30-27-25(18-4-9-21(33)10-5-18)31-26-22-11-3-17(15-32)13-19(22)6-12-23(26)29-27/h1-5,7-11,13,32-33H,6,12,14-15H2,(H,29,30,34). The van der Waals surface area contributed by atoms with Crippen LogP contribution in [-0.4, -0.2) is 26.1 Å². The minimum Gasteiger partial charge on any atom is -0.508 e. The Balaban J connectivity index is 1.55. The monoisotopic (exact) mass is 515 g/mol. The molecule has 0 spiro atoms. The molecule has 0 aliphatic heterocycles. The first-order valence-electron chi connectivity index (χ1n) is 11.0. The Morgan fingerprint density at radius 2 is 1.65 bits per heavy atom. The quantitative estimate of drug-likeness (QED) is 0.345. The second-order valence-electron chi connectivity index (χ2n) is 8.26. The number of amides is 1. The molecule has 0 bridgehead atoms. The van der Waals surface area contributed by atoms with Crippen molar-refractivity contribution in [2.24, 2.45) is 0 Å². The van der Waals surface area contributed by atoms with E-state index < -0.39 is 0 Å². The number of fused-ring (bicyclic) bond motifs is 3. The van der Waals surface area contributed by atoms with Crippen molar-refractivity contribution in [1.29, 1.82) is 0 Å². The minimum atomic E-state index is -0.180. The van der Waals surface area contributed by atoms with E-state index in [1.807, 2.05) is 42.5 Å². The highest BCUT2D eigenvalue weighted by Crippen LogP contribution is 2.36. The van der Waals surface area contributed by atoms with Crippen LogP contribution in [0.25, 0.3) is 22.5 Å². The highest BCUT2D eigenvalue weighted by atomic mass is 79.9. The molecule has 1 aromatic heterocycles. The van der Waals surface area contributed by atoms with Crippen molar-refractivity contribution in [2.45, 2.75) is 25.9 Å². The number of nitrogens with zero attached hydrogens (tertiary/aromatic N) is 2. The van der Waals surface area contributed by atoms with Gasteiger partial charge in [-0.15, -0.1) is 0 Å². The van der Waals surface area contributed by atoms with Crippen LogP contribution in [0.1, 0.15) is 22.4 Å². The van der Waals surface area contributed by atoms with E-state index in [1.165, 1.54) is 0 Å². The largest absolute Gasteiger partial charge is 0.508 e. The van der Waals surface area contributed by atoms with Crippen molar-refractivity contribution < 1.29 is 15.0 Å². The van der Waals surface area contributed by atoms with Gasteiger partial charge in [0.15, 0.2) is 5.82 Å². The molecule has 3 aromatic carbocycles. The normalized spacial score (nSPS) is 12.1. The topological polar surface area (TPSA) is 95.3 Å². The number of aliphatic hydroxyl groups excluding tert-OH is 1. The summed E-state index contributed by atoms with van der Waals surface area (Å²) >= 11 is 3.41. The Labute approximate surface area is 205 Å². The number of rotatable bonds is 5. The van der Waals surface area contributed by atoms with Gasteiger partial charge in [-0.05, 0) is 65.9 Å². The molecule has 0 saturated heterocycles. The maximum Gasteiger partial charge on any atom is 0.230 e. The van der Waals surface area contributed by atoms with E-state index in [0.29, 0.717) is 17.9 Å². The molecular formula is C27H22BrN3O3. The van der Waals surface area contributed by atoms with Gasteiger partial charge in [-0.25, -0.2) is 9.97 Å². The van der Waals surface area contributed by atoms with Gasteiger partial charge in [0.25, 0.3) is 0 Å². The van der Waals surface area contributed by atoms with E-state index in [-0.39, 0.29) is 24.7 Å². The number of carbonyl (C=O) groups is 1. The number of anilines is 1. The van der Waals surface area contributed by atoms with Crippen LogP contribution >= 0.6 is 15.9 Å². The second kappa shape index (κ2) is 9.37. The third-order valence-electron chi connectivity index (χ3n) is 5.88. The summed E-state index contributed by atoms with van der Waals surface area (Å²) in [5, 5.41) is 22.2. The fraction of sp³-hybridized carbons (Fsp3) is 0.148. The summed E-state index contributed by atoms with van der Waals surface area (Å²) < 4.78 is 0.957. The SMILES string of the molecule is O=C(Cc1ccc(Br)cc1)Nc1nc2c(nc1-c1ccc(O)cc1)-c1ccc(CO)cc1CC2. The highest BCUT2D eigenvalue weighted by Gasteiger charge is 2.23. The maximum atomic E-state index is 12.9. The average molecular weight is 516 g/mol. The van der Waals surface area contributed by atoms with E-state index in [9.17, 15) is 15.0 Å². The number of phenols is 1. The fourth-order valence-electron chi connectivity index (χ4n) is 4.17. The molecule has 3 N–H and O–H groups in total. The number of benzene rings is 3. The minimum absolute atomic E-state index is 0.00604. The predicted octanol–water partition coefficient (Wildman–Crippen LogP) is 5.05. The molecule has 0 fully saturated rings. The van der Waals surface area contributed by atoms with Gasteiger partial charge in [-0.1, -0.05) is 46.3 Å². The number of hydrogen-bond acceptors (Lipinski definition) is 5. The summed E-state index contributed by atoms with van der Waals surface area (Å²) in [6.45, 7) is -0.00604. The lowest BCUT2D eigenvalue weighted by Gasteiger charge is -2.21. The smallest absolute Gasteiger partial charge is 0.230 e. The maximum absolute atomic E-state index is 12.9. The number of nitrogens with one attached hydrogen (secondary N) is 1. The first-order valence-corrected chi connectivity index (χ1v) is 11.8. The average Bonchev–Trinajstić information content (AvgIpc) is 2.85. The van der Waals surface area contributed by atoms with Crippen molar-refractivity contribution in [3.63, 3.8) is 0 Å².